The number of carboxylic acids is 1. The fourth-order valence-corrected chi connectivity index (χ4v) is 14.9. The summed E-state index contributed by atoms with van der Waals surface area (Å²) in [5, 5.41) is 25.6. The molecule has 0 spiro atoms. The summed E-state index contributed by atoms with van der Waals surface area (Å²) in [6.45, 7) is 29.5. The van der Waals surface area contributed by atoms with Gasteiger partial charge in [0.1, 0.15) is 10.0 Å². The lowest BCUT2D eigenvalue weighted by Gasteiger charge is -2.47. The van der Waals surface area contributed by atoms with Gasteiger partial charge in [-0.1, -0.05) is 47.5 Å². The standard InChI is InChI=1S/C37H43ClN4O3S.C34H35ClN4O3S/c1-10-44-35(43)32(45-37(6,7)8)29-21(2)17-27-33(30(29)22-11-14-25(38)15-12-22)46-34(39-27)23-13-16-28-26(18-23)31(40-41(28)9)24-19-42(20-24)36(3,4)5;1-18-14-25-31(28(19-6-9-22(35)10-7-19)27(18)30(33(40)41)42-23-11-12-23)43-32(36-25)20-8-13-26-24(15-20)29(37-38(26)5)21-16-39(17-21)34(2,3)4/h11-18,24,32H,10,19-20H2,1-9H3;6-10,13-15,21,23,30H,11-12,16-17H2,1-5H3,(H,40,41)/t32-;30-/m00/s1. The SMILES string of the molecule is CCOC(=O)[C@@H](OC(C)(C)C)c1c(C)cc2nc(-c3ccc4c(c3)c(C3CN(C(C)(C)C)C3)nn4C)sc2c1-c1ccc(Cl)cc1.Cc1cc2nc(-c3ccc4c(c3)c(C3CN(C(C)(C)C)C3)nn4C)sc2c(-c2ccc(Cl)cc2)c1[C@H](OC1CC1)C(=O)O. The van der Waals surface area contributed by atoms with Crippen LogP contribution in [0.15, 0.2) is 97.1 Å². The van der Waals surface area contributed by atoms with Gasteiger partial charge in [-0.2, -0.15) is 10.2 Å². The molecular weight excluding hydrogens is 1200 g/mol. The summed E-state index contributed by atoms with van der Waals surface area (Å²) in [7, 11) is 4.03. The molecule has 1 saturated carbocycles. The third-order valence-electron chi connectivity index (χ3n) is 17.4. The minimum absolute atomic E-state index is 0.0159. The van der Waals surface area contributed by atoms with Gasteiger partial charge in [-0.05, 0) is 191 Å². The van der Waals surface area contributed by atoms with Gasteiger partial charge in [0.25, 0.3) is 0 Å². The first-order chi connectivity index (χ1) is 42.1. The number of carbonyl (C=O) groups is 2. The van der Waals surface area contributed by atoms with Crippen LogP contribution in [-0.2, 0) is 37.9 Å². The van der Waals surface area contributed by atoms with E-state index in [1.807, 2.05) is 120 Å². The van der Waals surface area contributed by atoms with Crippen LogP contribution in [0.4, 0.5) is 0 Å². The van der Waals surface area contributed by atoms with Crippen LogP contribution in [0, 0.1) is 13.8 Å². The average molecular weight is 1270 g/mol. The zero-order valence-corrected chi connectivity index (χ0v) is 56.4. The second kappa shape index (κ2) is 23.9. The lowest BCUT2D eigenvalue weighted by molar-refractivity contribution is -0.166. The van der Waals surface area contributed by atoms with Gasteiger partial charge in [0, 0.05) is 117 Å². The topological polar surface area (TPSA) is 150 Å². The number of halogens is 2. The molecule has 0 amide bonds. The predicted octanol–water partition coefficient (Wildman–Crippen LogP) is 17.1. The van der Waals surface area contributed by atoms with Crippen molar-refractivity contribution in [3.8, 4) is 43.4 Å². The van der Waals surface area contributed by atoms with Crippen LogP contribution in [0.2, 0.25) is 10.0 Å². The van der Waals surface area contributed by atoms with Gasteiger partial charge in [0.15, 0.2) is 12.2 Å². The molecule has 464 valence electrons. The van der Waals surface area contributed by atoms with Crippen molar-refractivity contribution in [1.82, 2.24) is 39.3 Å². The molecule has 6 aromatic carbocycles. The van der Waals surface area contributed by atoms with E-state index in [9.17, 15) is 14.7 Å². The number of hydrogen-bond donors (Lipinski definition) is 1. The Labute approximate surface area is 538 Å². The number of thiazole rings is 2. The minimum atomic E-state index is -1.06. The monoisotopic (exact) mass is 1270 g/mol. The second-order valence-electron chi connectivity index (χ2n) is 27.2. The normalized spacial score (nSPS) is 16.2. The van der Waals surface area contributed by atoms with E-state index in [4.69, 9.17) is 57.6 Å². The summed E-state index contributed by atoms with van der Waals surface area (Å²) in [4.78, 5) is 41.3. The Kier molecular flexibility index (Phi) is 16.8. The van der Waals surface area contributed by atoms with Gasteiger partial charge in [0.05, 0.1) is 61.2 Å². The summed E-state index contributed by atoms with van der Waals surface area (Å²) in [5.74, 6) is -0.590. The van der Waals surface area contributed by atoms with Crippen molar-refractivity contribution in [2.45, 2.75) is 143 Å². The molecule has 18 heteroatoms. The van der Waals surface area contributed by atoms with Gasteiger partial charge in [-0.25, -0.2) is 19.6 Å². The van der Waals surface area contributed by atoms with Crippen LogP contribution < -0.4 is 0 Å². The molecular formula is C71H78Cl2N8O6S2. The number of carbonyl (C=O) groups excluding carboxylic acids is 1. The van der Waals surface area contributed by atoms with E-state index in [2.05, 4.69) is 93.8 Å². The van der Waals surface area contributed by atoms with Gasteiger partial charge in [0.2, 0.25) is 0 Å². The van der Waals surface area contributed by atoms with E-state index in [1.54, 1.807) is 22.7 Å². The number of aliphatic carboxylic acids is 1. The Morgan fingerprint density at radius 3 is 1.38 bits per heavy atom. The summed E-state index contributed by atoms with van der Waals surface area (Å²) < 4.78 is 24.0. The molecule has 3 fully saturated rings. The molecule has 6 heterocycles. The molecule has 1 N–H and O–H groups in total. The zero-order valence-electron chi connectivity index (χ0n) is 53.2. The maximum absolute atomic E-state index is 13.5. The van der Waals surface area contributed by atoms with Crippen LogP contribution in [-0.4, -0.2) is 112 Å². The Hall–Kier alpha value is -6.60. The van der Waals surface area contributed by atoms with E-state index >= 15 is 0 Å². The lowest BCUT2D eigenvalue weighted by Crippen LogP contribution is -2.54. The first kappa shape index (κ1) is 62.6. The highest BCUT2D eigenvalue weighted by atomic mass is 35.5. The molecule has 2 aliphatic heterocycles. The van der Waals surface area contributed by atoms with Crippen molar-refractivity contribution >= 4 is 100 Å². The van der Waals surface area contributed by atoms with Gasteiger partial charge < -0.3 is 19.3 Å². The Balaban J connectivity index is 0.000000173. The molecule has 2 atom stereocenters. The predicted molar refractivity (Wildman–Crippen MR) is 362 cm³/mol. The molecule has 13 rings (SSSR count). The van der Waals surface area contributed by atoms with Crippen molar-refractivity contribution in [1.29, 1.82) is 0 Å². The smallest absolute Gasteiger partial charge is 0.339 e. The highest BCUT2D eigenvalue weighted by Gasteiger charge is 2.40. The average Bonchev–Trinajstić information content (AvgIpc) is 1.84. The number of nitrogens with zero attached hydrogens (tertiary/aromatic N) is 8. The Bertz CT molecular complexity index is 4360. The number of likely N-dealkylation sites (tertiary alicyclic amines) is 2. The molecule has 0 bridgehead atoms. The van der Waals surface area contributed by atoms with E-state index in [1.165, 1.54) is 5.39 Å². The highest BCUT2D eigenvalue weighted by molar-refractivity contribution is 7.22. The fraction of sp³-hybridized carbons (Fsp3) is 0.408. The van der Waals surface area contributed by atoms with Crippen LogP contribution >= 0.6 is 45.9 Å². The summed E-state index contributed by atoms with van der Waals surface area (Å²) in [6, 6.07) is 32.4. The third-order valence-corrected chi connectivity index (χ3v) is 20.2. The number of benzene rings is 6. The van der Waals surface area contributed by atoms with Crippen molar-refractivity contribution in [3.05, 3.63) is 141 Å². The third kappa shape index (κ3) is 12.5. The number of esters is 1. The van der Waals surface area contributed by atoms with Crippen LogP contribution in [0.3, 0.4) is 0 Å². The maximum Gasteiger partial charge on any atom is 0.339 e. The number of fused-ring (bicyclic) bond motifs is 4. The quantitative estimate of drug-likeness (QED) is 0.103. The number of hydrogen-bond acceptors (Lipinski definition) is 13. The van der Waals surface area contributed by atoms with E-state index in [-0.39, 0.29) is 23.8 Å². The Morgan fingerprint density at radius 2 is 1.01 bits per heavy atom. The maximum atomic E-state index is 13.5. The van der Waals surface area contributed by atoms with Crippen LogP contribution in [0.5, 0.6) is 0 Å². The number of carboxylic acid groups (broad SMARTS) is 1. The second-order valence-corrected chi connectivity index (χ2v) is 30.0. The van der Waals surface area contributed by atoms with Crippen molar-refractivity contribution < 1.29 is 28.9 Å². The number of rotatable bonds is 14. The minimum Gasteiger partial charge on any atom is -0.479 e. The fourth-order valence-electron chi connectivity index (χ4n) is 12.4. The molecule has 3 aliphatic rings. The molecule has 0 unspecified atom stereocenters. The number of aromatic nitrogens is 6. The van der Waals surface area contributed by atoms with Gasteiger partial charge >= 0.3 is 11.9 Å². The molecule has 10 aromatic rings. The molecule has 4 aromatic heterocycles. The Morgan fingerprint density at radius 1 is 0.607 bits per heavy atom. The summed E-state index contributed by atoms with van der Waals surface area (Å²) in [5.41, 5.74) is 14.8. The van der Waals surface area contributed by atoms with Crippen molar-refractivity contribution in [3.63, 3.8) is 0 Å². The van der Waals surface area contributed by atoms with E-state index in [0.29, 0.717) is 27.4 Å². The van der Waals surface area contributed by atoms with Gasteiger partial charge in [-0.3, -0.25) is 19.2 Å². The number of aryl methyl sites for hydroxylation is 4. The summed E-state index contributed by atoms with van der Waals surface area (Å²) in [6.07, 6.45) is -0.208. The van der Waals surface area contributed by atoms with E-state index < -0.39 is 29.7 Å². The summed E-state index contributed by atoms with van der Waals surface area (Å²) >= 11 is 15.8. The highest BCUT2D eigenvalue weighted by Crippen LogP contribution is 2.48. The number of ether oxygens (including phenoxy) is 3. The van der Waals surface area contributed by atoms with E-state index in [0.717, 1.165) is 147 Å². The first-order valence-corrected chi connectivity index (χ1v) is 33.1. The molecule has 89 heavy (non-hydrogen) atoms. The molecule has 0 radical (unpaired) electrons. The first-order valence-electron chi connectivity index (χ1n) is 30.7. The van der Waals surface area contributed by atoms with Crippen LogP contribution in [0.1, 0.15) is 140 Å². The molecule has 14 nitrogen and oxygen atoms in total. The zero-order chi connectivity index (χ0) is 63.3. The van der Waals surface area contributed by atoms with Crippen molar-refractivity contribution in [2.75, 3.05) is 32.8 Å². The van der Waals surface area contributed by atoms with Gasteiger partial charge in [-0.15, -0.1) is 22.7 Å². The largest absolute Gasteiger partial charge is 0.479 e. The lowest BCUT2D eigenvalue weighted by atomic mass is 9.88. The molecule has 2 saturated heterocycles. The van der Waals surface area contributed by atoms with Crippen molar-refractivity contribution in [2.24, 2.45) is 14.1 Å². The van der Waals surface area contributed by atoms with Crippen LogP contribution in [0.25, 0.3) is 85.6 Å². The molecule has 1 aliphatic carbocycles.